The number of hydrogen-bond donors (Lipinski definition) is 1. The molecule has 1 aliphatic heterocycles. The minimum atomic E-state index is -0.411. The van der Waals surface area contributed by atoms with Gasteiger partial charge in [0.25, 0.3) is 0 Å². The van der Waals surface area contributed by atoms with E-state index in [1.807, 2.05) is 17.0 Å². The highest BCUT2D eigenvalue weighted by atomic mass is 35.5. The third-order valence-corrected chi connectivity index (χ3v) is 5.57. The summed E-state index contributed by atoms with van der Waals surface area (Å²) in [4.78, 5) is 15.0. The van der Waals surface area contributed by atoms with Crippen LogP contribution in [0, 0.1) is 0 Å². The molecule has 2 fully saturated rings. The molecule has 1 aliphatic carbocycles. The molecule has 1 atom stereocenters. The van der Waals surface area contributed by atoms with E-state index in [9.17, 15) is 4.79 Å². The lowest BCUT2D eigenvalue weighted by Crippen LogP contribution is -2.55. The van der Waals surface area contributed by atoms with Crippen LogP contribution in [0.5, 0.6) is 0 Å². The van der Waals surface area contributed by atoms with E-state index in [1.165, 1.54) is 0 Å². The van der Waals surface area contributed by atoms with Crippen LogP contribution >= 0.6 is 35.6 Å². The summed E-state index contributed by atoms with van der Waals surface area (Å²) in [6.45, 7) is 1.48. The summed E-state index contributed by atoms with van der Waals surface area (Å²) < 4.78 is 0. The minimum absolute atomic E-state index is 0. The molecule has 2 N–H and O–H groups in total. The lowest BCUT2D eigenvalue weighted by atomic mass is 9.63. The number of piperidine rings is 1. The van der Waals surface area contributed by atoms with Gasteiger partial charge in [0.2, 0.25) is 5.91 Å². The summed E-state index contributed by atoms with van der Waals surface area (Å²) in [5.41, 5.74) is 6.60. The zero-order valence-corrected chi connectivity index (χ0v) is 14.7. The molecular weight excluding hydrogens is 343 g/mol. The fourth-order valence-electron chi connectivity index (χ4n) is 3.45. The molecular formula is C16H21Cl3N2O. The van der Waals surface area contributed by atoms with Crippen LogP contribution in [0.4, 0.5) is 0 Å². The Bertz CT molecular complexity index is 560. The van der Waals surface area contributed by atoms with Gasteiger partial charge in [0.05, 0.1) is 15.5 Å². The SMILES string of the molecule is Cl.NC1CCCN(C(=O)C2(c3ccc(Cl)c(Cl)c3)CCC2)C1. The van der Waals surface area contributed by atoms with E-state index in [0.717, 1.165) is 44.2 Å². The molecule has 122 valence electrons. The molecule has 1 heterocycles. The molecule has 0 radical (unpaired) electrons. The number of hydrogen-bond acceptors (Lipinski definition) is 2. The Morgan fingerprint density at radius 1 is 1.23 bits per heavy atom. The Hall–Kier alpha value is -0.480. The number of benzene rings is 1. The molecule has 1 amide bonds. The van der Waals surface area contributed by atoms with Gasteiger partial charge in [0.1, 0.15) is 0 Å². The molecule has 22 heavy (non-hydrogen) atoms. The summed E-state index contributed by atoms with van der Waals surface area (Å²) in [5.74, 6) is 0.210. The first kappa shape index (κ1) is 17.9. The maximum Gasteiger partial charge on any atom is 0.233 e. The first-order valence-electron chi connectivity index (χ1n) is 7.53. The van der Waals surface area contributed by atoms with Crippen molar-refractivity contribution in [2.24, 2.45) is 5.73 Å². The average Bonchev–Trinajstić information content (AvgIpc) is 2.41. The van der Waals surface area contributed by atoms with E-state index in [-0.39, 0.29) is 24.4 Å². The Balaban J connectivity index is 0.00000176. The first-order valence-corrected chi connectivity index (χ1v) is 8.29. The van der Waals surface area contributed by atoms with Crippen LogP contribution in [0.1, 0.15) is 37.7 Å². The second-order valence-electron chi connectivity index (χ2n) is 6.22. The number of nitrogens with two attached hydrogens (primary N) is 1. The average molecular weight is 364 g/mol. The van der Waals surface area contributed by atoms with Crippen LogP contribution in [-0.2, 0) is 10.2 Å². The van der Waals surface area contributed by atoms with Crippen molar-refractivity contribution in [2.45, 2.75) is 43.6 Å². The van der Waals surface area contributed by atoms with Crippen molar-refractivity contribution < 1.29 is 4.79 Å². The molecule has 1 saturated heterocycles. The van der Waals surface area contributed by atoms with Gasteiger partial charge in [-0.1, -0.05) is 35.7 Å². The predicted octanol–water partition coefficient (Wildman–Crippen LogP) is 3.79. The Morgan fingerprint density at radius 3 is 2.50 bits per heavy atom. The predicted molar refractivity (Wildman–Crippen MR) is 93.0 cm³/mol. The van der Waals surface area contributed by atoms with Crippen LogP contribution in [0.2, 0.25) is 10.0 Å². The molecule has 3 rings (SSSR count). The van der Waals surface area contributed by atoms with Crippen LogP contribution < -0.4 is 5.73 Å². The summed E-state index contributed by atoms with van der Waals surface area (Å²) in [6.07, 6.45) is 4.84. The van der Waals surface area contributed by atoms with E-state index < -0.39 is 5.41 Å². The number of likely N-dealkylation sites (tertiary alicyclic amines) is 1. The first-order chi connectivity index (χ1) is 10.0. The van der Waals surface area contributed by atoms with Crippen molar-refractivity contribution >= 4 is 41.5 Å². The summed E-state index contributed by atoms with van der Waals surface area (Å²) in [5, 5.41) is 1.05. The standard InChI is InChI=1S/C16H20Cl2N2O.ClH/c17-13-5-4-11(9-14(13)18)16(6-2-7-16)15(21)20-8-1-3-12(19)10-20;/h4-5,9,12H,1-3,6-8,10,19H2;1H. The quantitative estimate of drug-likeness (QED) is 0.869. The number of halogens is 3. The van der Waals surface area contributed by atoms with Gasteiger partial charge in [-0.3, -0.25) is 4.79 Å². The van der Waals surface area contributed by atoms with Crippen molar-refractivity contribution in [1.82, 2.24) is 4.90 Å². The highest BCUT2D eigenvalue weighted by molar-refractivity contribution is 6.42. The van der Waals surface area contributed by atoms with Crippen LogP contribution in [0.15, 0.2) is 18.2 Å². The molecule has 0 spiro atoms. The van der Waals surface area contributed by atoms with E-state index in [0.29, 0.717) is 16.6 Å². The Kier molecular flexibility index (Phi) is 5.65. The molecule has 0 bridgehead atoms. The number of carbonyl (C=O) groups excluding carboxylic acids is 1. The molecule has 2 aliphatic rings. The van der Waals surface area contributed by atoms with Gasteiger partial charge in [-0.2, -0.15) is 0 Å². The van der Waals surface area contributed by atoms with Crippen LogP contribution in [-0.4, -0.2) is 29.9 Å². The lowest BCUT2D eigenvalue weighted by Gasteiger charge is -2.45. The molecule has 1 saturated carbocycles. The van der Waals surface area contributed by atoms with Gasteiger partial charge < -0.3 is 10.6 Å². The van der Waals surface area contributed by atoms with Gasteiger partial charge in [0, 0.05) is 19.1 Å². The molecule has 1 unspecified atom stereocenters. The largest absolute Gasteiger partial charge is 0.340 e. The third-order valence-electron chi connectivity index (χ3n) is 4.83. The fourth-order valence-corrected chi connectivity index (χ4v) is 3.75. The zero-order chi connectivity index (χ0) is 15.0. The second kappa shape index (κ2) is 6.96. The van der Waals surface area contributed by atoms with Gasteiger partial charge in [-0.05, 0) is 43.4 Å². The van der Waals surface area contributed by atoms with Crippen molar-refractivity contribution in [3.63, 3.8) is 0 Å². The van der Waals surface area contributed by atoms with Gasteiger partial charge in [0.15, 0.2) is 0 Å². The van der Waals surface area contributed by atoms with Crippen molar-refractivity contribution in [1.29, 1.82) is 0 Å². The summed E-state index contributed by atoms with van der Waals surface area (Å²) in [6, 6.07) is 5.68. The van der Waals surface area contributed by atoms with Crippen molar-refractivity contribution in [3.05, 3.63) is 33.8 Å². The minimum Gasteiger partial charge on any atom is -0.340 e. The van der Waals surface area contributed by atoms with E-state index in [2.05, 4.69) is 0 Å². The maximum atomic E-state index is 13.0. The molecule has 1 aromatic carbocycles. The molecule has 3 nitrogen and oxygen atoms in total. The van der Waals surface area contributed by atoms with Gasteiger partial charge >= 0.3 is 0 Å². The highest BCUT2D eigenvalue weighted by Gasteiger charge is 2.48. The summed E-state index contributed by atoms with van der Waals surface area (Å²) >= 11 is 12.1. The molecule has 0 aromatic heterocycles. The second-order valence-corrected chi connectivity index (χ2v) is 7.03. The molecule has 6 heteroatoms. The van der Waals surface area contributed by atoms with Crippen molar-refractivity contribution in [2.75, 3.05) is 13.1 Å². The Labute approximate surface area is 147 Å². The third kappa shape index (κ3) is 3.09. The molecule has 1 aromatic rings. The lowest BCUT2D eigenvalue weighted by molar-refractivity contribution is -0.142. The van der Waals surface area contributed by atoms with E-state index in [1.54, 1.807) is 6.07 Å². The number of nitrogens with zero attached hydrogens (tertiary/aromatic N) is 1. The number of amides is 1. The maximum absolute atomic E-state index is 13.0. The fraction of sp³-hybridized carbons (Fsp3) is 0.562. The number of carbonyl (C=O) groups is 1. The van der Waals surface area contributed by atoms with E-state index in [4.69, 9.17) is 28.9 Å². The van der Waals surface area contributed by atoms with Gasteiger partial charge in [-0.15, -0.1) is 12.4 Å². The summed E-state index contributed by atoms with van der Waals surface area (Å²) in [7, 11) is 0. The Morgan fingerprint density at radius 2 is 1.95 bits per heavy atom. The monoisotopic (exact) mass is 362 g/mol. The topological polar surface area (TPSA) is 46.3 Å². The van der Waals surface area contributed by atoms with Crippen molar-refractivity contribution in [3.8, 4) is 0 Å². The van der Waals surface area contributed by atoms with Gasteiger partial charge in [-0.25, -0.2) is 0 Å². The zero-order valence-electron chi connectivity index (χ0n) is 12.4. The number of rotatable bonds is 2. The highest BCUT2D eigenvalue weighted by Crippen LogP contribution is 2.46. The smallest absolute Gasteiger partial charge is 0.233 e. The normalized spacial score (nSPS) is 23.4. The van der Waals surface area contributed by atoms with Crippen LogP contribution in [0.3, 0.4) is 0 Å². The van der Waals surface area contributed by atoms with Crippen LogP contribution in [0.25, 0.3) is 0 Å². The van der Waals surface area contributed by atoms with E-state index >= 15 is 0 Å².